The van der Waals surface area contributed by atoms with Gasteiger partial charge in [-0.3, -0.25) is 0 Å². The van der Waals surface area contributed by atoms with Crippen molar-refractivity contribution < 1.29 is 14.2 Å². The van der Waals surface area contributed by atoms with Crippen molar-refractivity contribution in [3.05, 3.63) is 18.2 Å². The van der Waals surface area contributed by atoms with Gasteiger partial charge in [0, 0.05) is 24.2 Å². The highest BCUT2D eigenvalue weighted by atomic mass is 16.5. The summed E-state index contributed by atoms with van der Waals surface area (Å²) >= 11 is 0. The number of ether oxygens (including phenoxy) is 3. The third-order valence-electron chi connectivity index (χ3n) is 4.14. The Morgan fingerprint density at radius 1 is 1.05 bits per heavy atom. The van der Waals surface area contributed by atoms with Crippen LogP contribution in [0.15, 0.2) is 18.2 Å². The van der Waals surface area contributed by atoms with Gasteiger partial charge in [0.15, 0.2) is 0 Å². The van der Waals surface area contributed by atoms with E-state index in [1.165, 1.54) is 12.8 Å². The van der Waals surface area contributed by atoms with E-state index in [1.807, 2.05) is 18.2 Å². The second kappa shape index (κ2) is 6.84. The minimum absolute atomic E-state index is 0.0745. The molecule has 20 heavy (non-hydrogen) atoms. The smallest absolute Gasteiger partial charge is 0.127 e. The van der Waals surface area contributed by atoms with Crippen molar-refractivity contribution in [2.75, 3.05) is 14.2 Å². The normalized spacial score (nSPS) is 26.1. The maximum Gasteiger partial charge on any atom is 0.127 e. The number of methoxy groups -OCH3 is 2. The van der Waals surface area contributed by atoms with Crippen molar-refractivity contribution >= 4 is 0 Å². The average Bonchev–Trinajstić information content (AvgIpc) is 2.49. The van der Waals surface area contributed by atoms with E-state index < -0.39 is 0 Å². The van der Waals surface area contributed by atoms with Crippen LogP contribution in [0.2, 0.25) is 0 Å². The summed E-state index contributed by atoms with van der Waals surface area (Å²) in [7, 11) is 3.27. The standard InChI is InChI=1S/C16H25NO3/c1-4-11-5-6-15(17)16(7-11)20-14-9-12(18-2)8-13(10-14)19-3/h8-11,15-16H,4-7,17H2,1-3H3. The van der Waals surface area contributed by atoms with Crippen LogP contribution >= 0.6 is 0 Å². The molecule has 112 valence electrons. The summed E-state index contributed by atoms with van der Waals surface area (Å²) < 4.78 is 16.6. The Hall–Kier alpha value is -1.42. The van der Waals surface area contributed by atoms with E-state index >= 15 is 0 Å². The van der Waals surface area contributed by atoms with E-state index in [9.17, 15) is 0 Å². The molecule has 0 bridgehead atoms. The van der Waals surface area contributed by atoms with Crippen LogP contribution in [-0.2, 0) is 0 Å². The van der Waals surface area contributed by atoms with Gasteiger partial charge in [-0.05, 0) is 25.2 Å². The highest BCUT2D eigenvalue weighted by Gasteiger charge is 2.29. The zero-order valence-corrected chi connectivity index (χ0v) is 12.6. The van der Waals surface area contributed by atoms with Crippen LogP contribution in [0.3, 0.4) is 0 Å². The Balaban J connectivity index is 2.11. The lowest BCUT2D eigenvalue weighted by Crippen LogP contribution is -2.43. The Morgan fingerprint density at radius 3 is 2.20 bits per heavy atom. The van der Waals surface area contributed by atoms with E-state index in [2.05, 4.69) is 6.92 Å². The van der Waals surface area contributed by atoms with Crippen molar-refractivity contribution in [1.82, 2.24) is 0 Å². The predicted molar refractivity (Wildman–Crippen MR) is 79.6 cm³/mol. The van der Waals surface area contributed by atoms with Gasteiger partial charge in [-0.25, -0.2) is 0 Å². The van der Waals surface area contributed by atoms with E-state index in [4.69, 9.17) is 19.9 Å². The highest BCUT2D eigenvalue weighted by molar-refractivity contribution is 5.42. The summed E-state index contributed by atoms with van der Waals surface area (Å²) in [5.74, 6) is 2.94. The Kier molecular flexibility index (Phi) is 5.12. The fraction of sp³-hybridized carbons (Fsp3) is 0.625. The lowest BCUT2D eigenvalue weighted by atomic mass is 9.83. The number of rotatable bonds is 5. The molecule has 0 spiro atoms. The average molecular weight is 279 g/mol. The van der Waals surface area contributed by atoms with Gasteiger partial charge < -0.3 is 19.9 Å². The van der Waals surface area contributed by atoms with E-state index in [0.717, 1.165) is 30.1 Å². The minimum Gasteiger partial charge on any atom is -0.496 e. The first-order chi connectivity index (χ1) is 9.66. The van der Waals surface area contributed by atoms with Gasteiger partial charge in [-0.1, -0.05) is 13.3 Å². The fourth-order valence-electron chi connectivity index (χ4n) is 2.77. The largest absolute Gasteiger partial charge is 0.496 e. The molecule has 1 aromatic rings. The predicted octanol–water partition coefficient (Wildman–Crippen LogP) is 2.99. The molecule has 0 aromatic heterocycles. The molecular weight excluding hydrogens is 254 g/mol. The van der Waals surface area contributed by atoms with Gasteiger partial charge in [0.25, 0.3) is 0 Å². The summed E-state index contributed by atoms with van der Waals surface area (Å²) in [5, 5.41) is 0. The monoisotopic (exact) mass is 279 g/mol. The maximum atomic E-state index is 6.20. The van der Waals surface area contributed by atoms with Gasteiger partial charge in [-0.15, -0.1) is 0 Å². The quantitative estimate of drug-likeness (QED) is 0.900. The van der Waals surface area contributed by atoms with Crippen LogP contribution in [0.1, 0.15) is 32.6 Å². The van der Waals surface area contributed by atoms with Crippen molar-refractivity contribution in [3.8, 4) is 17.2 Å². The van der Waals surface area contributed by atoms with Crippen molar-refractivity contribution in [2.45, 2.75) is 44.8 Å². The van der Waals surface area contributed by atoms with Crippen LogP contribution in [-0.4, -0.2) is 26.4 Å². The first-order valence-electron chi connectivity index (χ1n) is 7.31. The van der Waals surface area contributed by atoms with Crippen LogP contribution in [0, 0.1) is 5.92 Å². The molecule has 4 nitrogen and oxygen atoms in total. The van der Waals surface area contributed by atoms with Gasteiger partial charge >= 0.3 is 0 Å². The lowest BCUT2D eigenvalue weighted by Gasteiger charge is -2.34. The van der Waals surface area contributed by atoms with E-state index in [-0.39, 0.29) is 12.1 Å². The van der Waals surface area contributed by atoms with Crippen molar-refractivity contribution in [2.24, 2.45) is 11.7 Å². The molecule has 0 aliphatic heterocycles. The maximum absolute atomic E-state index is 6.20. The van der Waals surface area contributed by atoms with Crippen LogP contribution < -0.4 is 19.9 Å². The van der Waals surface area contributed by atoms with E-state index in [0.29, 0.717) is 5.92 Å². The Bertz CT molecular complexity index is 413. The second-order valence-electron chi connectivity index (χ2n) is 5.46. The topological polar surface area (TPSA) is 53.7 Å². The van der Waals surface area contributed by atoms with Crippen molar-refractivity contribution in [1.29, 1.82) is 0 Å². The van der Waals surface area contributed by atoms with Crippen LogP contribution in [0.5, 0.6) is 17.2 Å². The molecular formula is C16H25NO3. The number of nitrogens with two attached hydrogens (primary N) is 1. The van der Waals surface area contributed by atoms with Crippen molar-refractivity contribution in [3.63, 3.8) is 0 Å². The molecule has 3 atom stereocenters. The lowest BCUT2D eigenvalue weighted by molar-refractivity contribution is 0.101. The molecule has 1 fully saturated rings. The number of benzene rings is 1. The third-order valence-corrected chi connectivity index (χ3v) is 4.14. The van der Waals surface area contributed by atoms with Gasteiger partial charge in [-0.2, -0.15) is 0 Å². The van der Waals surface area contributed by atoms with Gasteiger partial charge in [0.2, 0.25) is 0 Å². The summed E-state index contributed by atoms with van der Waals surface area (Å²) in [6.07, 6.45) is 4.53. The molecule has 1 aliphatic rings. The summed E-state index contributed by atoms with van der Waals surface area (Å²) in [6, 6.07) is 5.70. The van der Waals surface area contributed by atoms with Crippen LogP contribution in [0.4, 0.5) is 0 Å². The molecule has 0 amide bonds. The molecule has 0 heterocycles. The summed E-state index contributed by atoms with van der Waals surface area (Å²) in [4.78, 5) is 0. The molecule has 2 rings (SSSR count). The minimum atomic E-state index is 0.0745. The second-order valence-corrected chi connectivity index (χ2v) is 5.46. The van der Waals surface area contributed by atoms with E-state index in [1.54, 1.807) is 14.2 Å². The van der Waals surface area contributed by atoms with Gasteiger partial charge in [0.1, 0.15) is 23.4 Å². The zero-order chi connectivity index (χ0) is 14.5. The number of hydrogen-bond donors (Lipinski definition) is 1. The molecule has 1 aliphatic carbocycles. The zero-order valence-electron chi connectivity index (χ0n) is 12.6. The molecule has 2 N–H and O–H groups in total. The SMILES string of the molecule is CCC1CCC(N)C(Oc2cc(OC)cc(OC)c2)C1. The molecule has 0 saturated heterocycles. The first-order valence-corrected chi connectivity index (χ1v) is 7.31. The summed E-state index contributed by atoms with van der Waals surface area (Å²) in [6.45, 7) is 2.23. The van der Waals surface area contributed by atoms with Gasteiger partial charge in [0.05, 0.1) is 14.2 Å². The Morgan fingerprint density at radius 2 is 1.65 bits per heavy atom. The number of hydrogen-bond acceptors (Lipinski definition) is 4. The fourth-order valence-corrected chi connectivity index (χ4v) is 2.77. The molecule has 3 unspecified atom stereocenters. The first kappa shape index (κ1) is 15.0. The molecule has 1 aromatic carbocycles. The third kappa shape index (κ3) is 3.57. The summed E-state index contributed by atoms with van der Waals surface area (Å²) in [5.41, 5.74) is 6.20. The molecule has 0 radical (unpaired) electrons. The highest BCUT2D eigenvalue weighted by Crippen LogP contribution is 2.32. The Labute approximate surface area is 121 Å². The molecule has 4 heteroatoms. The molecule has 1 saturated carbocycles. The van der Waals surface area contributed by atoms with Crippen LogP contribution in [0.25, 0.3) is 0 Å².